The van der Waals surface area contributed by atoms with Crippen molar-refractivity contribution in [3.8, 4) is 0 Å². The van der Waals surface area contributed by atoms with E-state index < -0.39 is 23.6 Å². The molecule has 1 atom stereocenters. The van der Waals surface area contributed by atoms with Crippen LogP contribution in [0.5, 0.6) is 0 Å². The van der Waals surface area contributed by atoms with Crippen LogP contribution >= 0.6 is 15.9 Å². The molecule has 0 aliphatic carbocycles. The van der Waals surface area contributed by atoms with Crippen LogP contribution in [0.1, 0.15) is 29.9 Å². The summed E-state index contributed by atoms with van der Waals surface area (Å²) in [5, 5.41) is 2.93. The average molecular weight is 366 g/mol. The summed E-state index contributed by atoms with van der Waals surface area (Å²) in [6.07, 6.45) is -3.35. The smallest absolute Gasteiger partial charge is 0.419 e. The zero-order valence-electron chi connectivity index (χ0n) is 11.0. The molecule has 2 aromatic rings. The van der Waals surface area contributed by atoms with Gasteiger partial charge in [0.1, 0.15) is 11.6 Å². The third kappa shape index (κ3) is 3.29. The van der Waals surface area contributed by atoms with E-state index in [-0.39, 0.29) is 5.56 Å². The predicted octanol–water partition coefficient (Wildman–Crippen LogP) is 4.90. The molecule has 114 valence electrons. The first-order valence-corrected chi connectivity index (χ1v) is 6.97. The van der Waals surface area contributed by atoms with E-state index in [9.17, 15) is 17.6 Å². The second kappa shape index (κ2) is 6.19. The van der Waals surface area contributed by atoms with E-state index in [1.807, 2.05) is 0 Å². The standard InChI is InChI=1S/C14H12BrF4NO/c1-2-20-12(13-10(15)6-7-21-13)8-4-3-5-9(11(8)16)14(17,18)19/h3-7,12,20H,2H2,1H3. The van der Waals surface area contributed by atoms with Crippen molar-refractivity contribution in [1.29, 1.82) is 0 Å². The number of benzene rings is 1. The molecule has 2 rings (SSSR count). The normalized spacial score (nSPS) is 13.4. The minimum atomic E-state index is -4.74. The van der Waals surface area contributed by atoms with E-state index in [0.29, 0.717) is 16.8 Å². The zero-order chi connectivity index (χ0) is 15.6. The number of furan rings is 1. The van der Waals surface area contributed by atoms with Crippen molar-refractivity contribution in [3.05, 3.63) is 57.7 Å². The van der Waals surface area contributed by atoms with Crippen LogP contribution in [0.4, 0.5) is 17.6 Å². The molecule has 0 bridgehead atoms. The first-order valence-electron chi connectivity index (χ1n) is 6.18. The summed E-state index contributed by atoms with van der Waals surface area (Å²) < 4.78 is 58.5. The molecule has 1 N–H and O–H groups in total. The summed E-state index contributed by atoms with van der Waals surface area (Å²) in [5.41, 5.74) is -1.40. The molecule has 0 aliphatic rings. The Balaban J connectivity index is 2.54. The Hall–Kier alpha value is -1.34. The monoisotopic (exact) mass is 365 g/mol. The lowest BCUT2D eigenvalue weighted by Gasteiger charge is -2.19. The van der Waals surface area contributed by atoms with Gasteiger partial charge in [-0.1, -0.05) is 19.1 Å². The van der Waals surface area contributed by atoms with Gasteiger partial charge in [-0.15, -0.1) is 0 Å². The molecular formula is C14H12BrF4NO. The molecule has 0 radical (unpaired) electrons. The maximum absolute atomic E-state index is 14.2. The fourth-order valence-corrected chi connectivity index (χ4v) is 2.48. The van der Waals surface area contributed by atoms with Crippen LogP contribution in [-0.2, 0) is 6.18 Å². The van der Waals surface area contributed by atoms with Crippen LogP contribution in [0.3, 0.4) is 0 Å². The molecule has 1 aromatic heterocycles. The average Bonchev–Trinajstić information content (AvgIpc) is 2.81. The van der Waals surface area contributed by atoms with E-state index in [2.05, 4.69) is 21.2 Å². The van der Waals surface area contributed by atoms with Crippen molar-refractivity contribution in [2.75, 3.05) is 6.54 Å². The van der Waals surface area contributed by atoms with E-state index in [0.717, 1.165) is 6.07 Å². The van der Waals surface area contributed by atoms with E-state index in [1.54, 1.807) is 13.0 Å². The van der Waals surface area contributed by atoms with Crippen LogP contribution in [0.15, 0.2) is 39.4 Å². The number of alkyl halides is 3. The number of rotatable bonds is 4. The molecule has 0 spiro atoms. The SMILES string of the molecule is CCNC(c1cccc(C(F)(F)F)c1F)c1occc1Br. The Labute approximate surface area is 127 Å². The van der Waals surface area contributed by atoms with Gasteiger partial charge in [-0.2, -0.15) is 13.2 Å². The van der Waals surface area contributed by atoms with E-state index in [4.69, 9.17) is 4.42 Å². The quantitative estimate of drug-likeness (QED) is 0.779. The minimum absolute atomic E-state index is 0.109. The van der Waals surface area contributed by atoms with Crippen molar-refractivity contribution >= 4 is 15.9 Å². The van der Waals surface area contributed by atoms with Gasteiger partial charge in [-0.25, -0.2) is 4.39 Å². The first-order chi connectivity index (χ1) is 9.86. The highest BCUT2D eigenvalue weighted by molar-refractivity contribution is 9.10. The summed E-state index contributed by atoms with van der Waals surface area (Å²) in [4.78, 5) is 0. The molecule has 0 saturated carbocycles. The topological polar surface area (TPSA) is 25.2 Å². The van der Waals surface area contributed by atoms with Gasteiger partial charge in [0, 0.05) is 5.56 Å². The number of halogens is 5. The second-order valence-electron chi connectivity index (χ2n) is 4.33. The molecule has 7 heteroatoms. The van der Waals surface area contributed by atoms with Crippen LogP contribution in [0.25, 0.3) is 0 Å². The summed E-state index contributed by atoms with van der Waals surface area (Å²) in [7, 11) is 0. The van der Waals surface area contributed by atoms with Gasteiger partial charge in [-0.05, 0) is 34.6 Å². The third-order valence-corrected chi connectivity index (χ3v) is 3.62. The van der Waals surface area contributed by atoms with Crippen molar-refractivity contribution in [2.24, 2.45) is 0 Å². The summed E-state index contributed by atoms with van der Waals surface area (Å²) >= 11 is 3.24. The van der Waals surface area contributed by atoms with E-state index >= 15 is 0 Å². The second-order valence-corrected chi connectivity index (χ2v) is 5.18. The van der Waals surface area contributed by atoms with Gasteiger partial charge in [0.25, 0.3) is 0 Å². The van der Waals surface area contributed by atoms with Gasteiger partial charge in [0.2, 0.25) is 0 Å². The third-order valence-electron chi connectivity index (χ3n) is 2.96. The summed E-state index contributed by atoms with van der Waals surface area (Å²) in [6.45, 7) is 2.21. The molecular weight excluding hydrogens is 354 g/mol. The highest BCUT2D eigenvalue weighted by atomic mass is 79.9. The molecule has 1 heterocycles. The summed E-state index contributed by atoms with van der Waals surface area (Å²) in [6, 6.07) is 4.01. The predicted molar refractivity (Wildman–Crippen MR) is 73.3 cm³/mol. The zero-order valence-corrected chi connectivity index (χ0v) is 12.6. The van der Waals surface area contributed by atoms with Gasteiger partial charge in [0.15, 0.2) is 0 Å². The van der Waals surface area contributed by atoms with Gasteiger partial charge >= 0.3 is 6.18 Å². The number of hydrogen-bond donors (Lipinski definition) is 1. The summed E-state index contributed by atoms with van der Waals surface area (Å²) in [5.74, 6) is -0.964. The molecule has 0 aliphatic heterocycles. The molecule has 1 unspecified atom stereocenters. The van der Waals surface area contributed by atoms with Gasteiger partial charge in [0.05, 0.1) is 22.3 Å². The van der Waals surface area contributed by atoms with Crippen LogP contribution in [0.2, 0.25) is 0 Å². The van der Waals surface area contributed by atoms with E-state index in [1.165, 1.54) is 18.4 Å². The molecule has 21 heavy (non-hydrogen) atoms. The fraction of sp³-hybridized carbons (Fsp3) is 0.286. The lowest BCUT2D eigenvalue weighted by molar-refractivity contribution is -0.140. The molecule has 0 fully saturated rings. The Morgan fingerprint density at radius 1 is 1.29 bits per heavy atom. The molecule has 0 saturated heterocycles. The van der Waals surface area contributed by atoms with Crippen LogP contribution in [0, 0.1) is 5.82 Å². The lowest BCUT2D eigenvalue weighted by Crippen LogP contribution is -2.24. The Morgan fingerprint density at radius 2 is 2.00 bits per heavy atom. The number of hydrogen-bond acceptors (Lipinski definition) is 2. The lowest BCUT2D eigenvalue weighted by atomic mass is 10.0. The maximum Gasteiger partial charge on any atom is 0.419 e. The Kier molecular flexibility index (Phi) is 4.73. The van der Waals surface area contributed by atoms with Gasteiger partial charge in [-0.3, -0.25) is 0 Å². The molecule has 0 amide bonds. The largest absolute Gasteiger partial charge is 0.466 e. The fourth-order valence-electron chi connectivity index (χ4n) is 2.05. The van der Waals surface area contributed by atoms with Crippen molar-refractivity contribution in [1.82, 2.24) is 5.32 Å². The van der Waals surface area contributed by atoms with Crippen molar-refractivity contribution in [2.45, 2.75) is 19.1 Å². The van der Waals surface area contributed by atoms with Crippen LogP contribution in [-0.4, -0.2) is 6.54 Å². The maximum atomic E-state index is 14.2. The highest BCUT2D eigenvalue weighted by Crippen LogP contribution is 2.36. The number of nitrogens with one attached hydrogen (secondary N) is 1. The Morgan fingerprint density at radius 3 is 2.52 bits per heavy atom. The van der Waals surface area contributed by atoms with Crippen LogP contribution < -0.4 is 5.32 Å². The van der Waals surface area contributed by atoms with Gasteiger partial charge < -0.3 is 9.73 Å². The molecule has 1 aromatic carbocycles. The molecule has 2 nitrogen and oxygen atoms in total. The Bertz CT molecular complexity index is 624. The highest BCUT2D eigenvalue weighted by Gasteiger charge is 2.36. The minimum Gasteiger partial charge on any atom is -0.466 e. The first kappa shape index (κ1) is 16.0. The van der Waals surface area contributed by atoms with Crippen molar-refractivity contribution < 1.29 is 22.0 Å². The van der Waals surface area contributed by atoms with Crippen molar-refractivity contribution in [3.63, 3.8) is 0 Å².